The molecule has 0 aromatic heterocycles. The van der Waals surface area contributed by atoms with Gasteiger partial charge in [-0.05, 0) is 11.8 Å². The van der Waals surface area contributed by atoms with Gasteiger partial charge in [-0.1, -0.05) is 20.8 Å². The van der Waals surface area contributed by atoms with Crippen LogP contribution in [0.25, 0.3) is 0 Å². The molecule has 0 bridgehead atoms. The van der Waals surface area contributed by atoms with Gasteiger partial charge < -0.3 is 15.1 Å². The third kappa shape index (κ3) is 2.91. The van der Waals surface area contributed by atoms with Gasteiger partial charge >= 0.3 is 0 Å². The van der Waals surface area contributed by atoms with Crippen LogP contribution in [0.15, 0.2) is 0 Å². The molecule has 4 N–H and O–H groups in total. The van der Waals surface area contributed by atoms with Gasteiger partial charge in [-0.2, -0.15) is 0 Å². The summed E-state index contributed by atoms with van der Waals surface area (Å²) in [6.45, 7) is 6.17. The fourth-order valence-electron chi connectivity index (χ4n) is 1.31. The van der Waals surface area contributed by atoms with Gasteiger partial charge in [0.25, 0.3) is 0 Å². The lowest BCUT2D eigenvalue weighted by atomic mass is 9.66. The van der Waals surface area contributed by atoms with Crippen LogP contribution >= 0.6 is 0 Å². The summed E-state index contributed by atoms with van der Waals surface area (Å²) in [5.74, 6) is 4.93. The number of hydrogen-bond acceptors (Lipinski definition) is 4. The normalized spacial score (nSPS) is 13.4. The Bertz CT molecular complexity index is 138. The molecular formula is C9H21NO3. The summed E-state index contributed by atoms with van der Waals surface area (Å²) < 4.78 is 0. The lowest BCUT2D eigenvalue weighted by molar-refractivity contribution is -0.0567. The standard InChI is InChI=1S/C9H21NO3/c1-8(2,3)9(6-11,7-12)4-5-13-10/h11-12H,4-7,10H2,1-3H3. The topological polar surface area (TPSA) is 75.7 Å². The van der Waals surface area contributed by atoms with Crippen LogP contribution in [0.2, 0.25) is 0 Å². The van der Waals surface area contributed by atoms with Crippen molar-refractivity contribution in [2.75, 3.05) is 19.8 Å². The van der Waals surface area contributed by atoms with Crippen LogP contribution in [0, 0.1) is 10.8 Å². The van der Waals surface area contributed by atoms with E-state index in [-0.39, 0.29) is 18.6 Å². The Morgan fingerprint density at radius 2 is 1.62 bits per heavy atom. The van der Waals surface area contributed by atoms with E-state index in [1.54, 1.807) is 0 Å². The van der Waals surface area contributed by atoms with Crippen LogP contribution in [0.5, 0.6) is 0 Å². The van der Waals surface area contributed by atoms with Gasteiger partial charge in [-0.25, -0.2) is 5.90 Å². The van der Waals surface area contributed by atoms with E-state index in [4.69, 9.17) is 5.90 Å². The molecular weight excluding hydrogens is 170 g/mol. The monoisotopic (exact) mass is 191 g/mol. The SMILES string of the molecule is CC(C)(C)C(CO)(CO)CCON. The first-order valence-corrected chi connectivity index (χ1v) is 4.47. The number of hydrogen-bond donors (Lipinski definition) is 3. The fraction of sp³-hybridized carbons (Fsp3) is 1.00. The molecule has 0 atom stereocenters. The molecule has 0 fully saturated rings. The van der Waals surface area contributed by atoms with E-state index in [0.29, 0.717) is 13.0 Å². The molecule has 0 saturated heterocycles. The van der Waals surface area contributed by atoms with Gasteiger partial charge in [0.1, 0.15) is 0 Å². The molecule has 4 nitrogen and oxygen atoms in total. The Kier molecular flexibility index (Phi) is 4.85. The van der Waals surface area contributed by atoms with Crippen molar-refractivity contribution in [3.05, 3.63) is 0 Å². The highest BCUT2D eigenvalue weighted by Gasteiger charge is 2.40. The van der Waals surface area contributed by atoms with Crippen LogP contribution in [0.4, 0.5) is 0 Å². The van der Waals surface area contributed by atoms with Crippen LogP contribution in [-0.2, 0) is 4.84 Å². The quantitative estimate of drug-likeness (QED) is 0.546. The van der Waals surface area contributed by atoms with Crippen LogP contribution in [0.1, 0.15) is 27.2 Å². The van der Waals surface area contributed by atoms with Crippen molar-refractivity contribution < 1.29 is 15.1 Å². The van der Waals surface area contributed by atoms with Crippen molar-refractivity contribution in [3.8, 4) is 0 Å². The van der Waals surface area contributed by atoms with E-state index in [2.05, 4.69) is 4.84 Å². The molecule has 4 heteroatoms. The minimum Gasteiger partial charge on any atom is -0.396 e. The molecule has 0 amide bonds. The van der Waals surface area contributed by atoms with Crippen molar-refractivity contribution in [2.45, 2.75) is 27.2 Å². The molecule has 13 heavy (non-hydrogen) atoms. The molecule has 0 aliphatic rings. The summed E-state index contributed by atoms with van der Waals surface area (Å²) >= 11 is 0. The average molecular weight is 191 g/mol. The zero-order valence-corrected chi connectivity index (χ0v) is 8.71. The molecule has 0 saturated carbocycles. The molecule has 0 radical (unpaired) electrons. The second-order valence-electron chi connectivity index (χ2n) is 4.47. The Balaban J connectivity index is 4.50. The highest BCUT2D eigenvalue weighted by Crippen LogP contribution is 2.40. The van der Waals surface area contributed by atoms with Gasteiger partial charge in [0.15, 0.2) is 0 Å². The maximum atomic E-state index is 9.28. The molecule has 0 aliphatic heterocycles. The average Bonchev–Trinajstić information content (AvgIpc) is 2.05. The highest BCUT2D eigenvalue weighted by molar-refractivity contribution is 4.89. The van der Waals surface area contributed by atoms with Crippen molar-refractivity contribution >= 4 is 0 Å². The minimum atomic E-state index is -0.521. The largest absolute Gasteiger partial charge is 0.396 e. The van der Waals surface area contributed by atoms with E-state index in [9.17, 15) is 10.2 Å². The van der Waals surface area contributed by atoms with Gasteiger partial charge in [-0.3, -0.25) is 0 Å². The van der Waals surface area contributed by atoms with Crippen molar-refractivity contribution in [1.29, 1.82) is 0 Å². The lowest BCUT2D eigenvalue weighted by Gasteiger charge is -2.42. The molecule has 0 spiro atoms. The first kappa shape index (κ1) is 12.8. The van der Waals surface area contributed by atoms with Gasteiger partial charge in [0.05, 0.1) is 19.8 Å². The third-order valence-corrected chi connectivity index (χ3v) is 2.89. The van der Waals surface area contributed by atoms with Crippen LogP contribution < -0.4 is 5.90 Å². The van der Waals surface area contributed by atoms with Crippen molar-refractivity contribution in [2.24, 2.45) is 16.7 Å². The second kappa shape index (κ2) is 4.91. The number of aliphatic hydroxyl groups is 2. The second-order valence-corrected chi connectivity index (χ2v) is 4.47. The predicted molar refractivity (Wildman–Crippen MR) is 50.8 cm³/mol. The van der Waals surface area contributed by atoms with Crippen LogP contribution in [-0.4, -0.2) is 30.0 Å². The highest BCUT2D eigenvalue weighted by atomic mass is 16.6. The lowest BCUT2D eigenvalue weighted by Crippen LogP contribution is -2.43. The first-order valence-electron chi connectivity index (χ1n) is 4.47. The summed E-state index contributed by atoms with van der Waals surface area (Å²) in [5, 5.41) is 18.6. The molecule has 0 aliphatic carbocycles. The Hall–Kier alpha value is -0.160. The number of rotatable bonds is 5. The van der Waals surface area contributed by atoms with Crippen molar-refractivity contribution in [1.82, 2.24) is 0 Å². The van der Waals surface area contributed by atoms with E-state index >= 15 is 0 Å². The van der Waals surface area contributed by atoms with E-state index in [0.717, 1.165) is 0 Å². The Morgan fingerprint density at radius 3 is 1.85 bits per heavy atom. The van der Waals surface area contributed by atoms with E-state index < -0.39 is 5.41 Å². The van der Waals surface area contributed by atoms with Gasteiger partial charge in [-0.15, -0.1) is 0 Å². The Labute approximate surface area is 79.7 Å². The summed E-state index contributed by atoms with van der Waals surface area (Å²) in [4.78, 5) is 4.47. The summed E-state index contributed by atoms with van der Waals surface area (Å²) in [7, 11) is 0. The molecule has 0 rings (SSSR count). The molecule has 0 aromatic rings. The van der Waals surface area contributed by atoms with Crippen LogP contribution in [0.3, 0.4) is 0 Å². The van der Waals surface area contributed by atoms with E-state index in [1.165, 1.54) is 0 Å². The third-order valence-electron chi connectivity index (χ3n) is 2.89. The van der Waals surface area contributed by atoms with Gasteiger partial charge in [0, 0.05) is 5.41 Å². The Morgan fingerprint density at radius 1 is 1.15 bits per heavy atom. The van der Waals surface area contributed by atoms with Gasteiger partial charge in [0.2, 0.25) is 0 Å². The number of aliphatic hydroxyl groups excluding tert-OH is 2. The van der Waals surface area contributed by atoms with Crippen molar-refractivity contribution in [3.63, 3.8) is 0 Å². The maximum Gasteiger partial charge on any atom is 0.0686 e. The number of nitrogens with two attached hydrogens (primary N) is 1. The summed E-state index contributed by atoms with van der Waals surface area (Å²) in [6, 6.07) is 0. The van der Waals surface area contributed by atoms with E-state index in [1.807, 2.05) is 20.8 Å². The molecule has 80 valence electrons. The molecule has 0 unspecified atom stereocenters. The zero-order chi connectivity index (χ0) is 10.5. The fourth-order valence-corrected chi connectivity index (χ4v) is 1.31. The first-order chi connectivity index (χ1) is 5.93. The zero-order valence-electron chi connectivity index (χ0n) is 8.71. The minimum absolute atomic E-state index is 0.0592. The molecule has 0 heterocycles. The maximum absolute atomic E-state index is 9.28. The summed E-state index contributed by atoms with van der Waals surface area (Å²) in [6.07, 6.45) is 0.556. The summed E-state index contributed by atoms with van der Waals surface area (Å²) in [5.41, 5.74) is -0.693. The molecule has 0 aromatic carbocycles. The smallest absolute Gasteiger partial charge is 0.0686 e. The predicted octanol–water partition coefficient (Wildman–Crippen LogP) is 0.284.